The summed E-state index contributed by atoms with van der Waals surface area (Å²) in [5, 5.41) is 0. The number of epoxide rings is 1. The molecule has 0 spiro atoms. The highest BCUT2D eigenvalue weighted by Gasteiger charge is 2.56. The molecule has 0 saturated carbocycles. The van der Waals surface area contributed by atoms with Gasteiger partial charge in [-0.2, -0.15) is 0 Å². The molecule has 68 valence electrons. The zero-order valence-corrected chi connectivity index (χ0v) is 7.78. The van der Waals surface area contributed by atoms with Gasteiger partial charge in [-0.05, 0) is 19.9 Å². The fourth-order valence-electron chi connectivity index (χ4n) is 2.03. The highest BCUT2D eigenvalue weighted by Crippen LogP contribution is 2.53. The minimum atomic E-state index is -0.168. The molecule has 1 saturated heterocycles. The van der Waals surface area contributed by atoms with Gasteiger partial charge in [-0.1, -0.05) is 18.2 Å². The molecule has 2 aliphatic rings. The molecule has 2 unspecified atom stereocenters. The van der Waals surface area contributed by atoms with E-state index in [1.165, 1.54) is 5.56 Å². The summed E-state index contributed by atoms with van der Waals surface area (Å²) in [6.07, 6.45) is 0.530. The second-order valence-electron chi connectivity index (χ2n) is 4.22. The van der Waals surface area contributed by atoms with Crippen LogP contribution in [-0.2, 0) is 4.74 Å². The van der Waals surface area contributed by atoms with Gasteiger partial charge in [0.1, 0.15) is 23.6 Å². The number of fused-ring (bicyclic) bond motifs is 3. The Morgan fingerprint density at radius 1 is 1.23 bits per heavy atom. The first kappa shape index (κ1) is 7.39. The van der Waals surface area contributed by atoms with Crippen molar-refractivity contribution in [2.45, 2.75) is 31.7 Å². The molecule has 3 rings (SSSR count). The lowest BCUT2D eigenvalue weighted by Crippen LogP contribution is -2.37. The third-order valence-corrected chi connectivity index (χ3v) is 2.78. The number of hydrogen-bond donors (Lipinski definition) is 0. The Hall–Kier alpha value is -1.02. The quantitative estimate of drug-likeness (QED) is 0.566. The topological polar surface area (TPSA) is 21.8 Å². The lowest BCUT2D eigenvalue weighted by molar-refractivity contribution is 0.0725. The van der Waals surface area contributed by atoms with Crippen LogP contribution in [0.3, 0.4) is 0 Å². The van der Waals surface area contributed by atoms with Crippen LogP contribution in [0.25, 0.3) is 0 Å². The van der Waals surface area contributed by atoms with E-state index in [1.54, 1.807) is 0 Å². The van der Waals surface area contributed by atoms with Gasteiger partial charge in [0.05, 0.1) is 0 Å². The largest absolute Gasteiger partial charge is 0.485 e. The van der Waals surface area contributed by atoms with Crippen LogP contribution in [0.15, 0.2) is 24.3 Å². The second-order valence-corrected chi connectivity index (χ2v) is 4.22. The third kappa shape index (κ3) is 0.923. The molecule has 0 radical (unpaired) electrons. The van der Waals surface area contributed by atoms with Crippen molar-refractivity contribution in [2.24, 2.45) is 0 Å². The number of hydrogen-bond acceptors (Lipinski definition) is 2. The van der Waals surface area contributed by atoms with Crippen molar-refractivity contribution in [3.8, 4) is 5.75 Å². The summed E-state index contributed by atoms with van der Waals surface area (Å²) in [5.74, 6) is 0.978. The SMILES string of the molecule is CC1(C)Oc2ccccc2C2OC21. The third-order valence-electron chi connectivity index (χ3n) is 2.78. The van der Waals surface area contributed by atoms with E-state index in [-0.39, 0.29) is 17.8 Å². The van der Waals surface area contributed by atoms with E-state index >= 15 is 0 Å². The van der Waals surface area contributed by atoms with Gasteiger partial charge in [-0.25, -0.2) is 0 Å². The minimum absolute atomic E-state index is 0.168. The van der Waals surface area contributed by atoms with Crippen LogP contribution in [-0.4, -0.2) is 11.7 Å². The Morgan fingerprint density at radius 3 is 2.85 bits per heavy atom. The first-order chi connectivity index (χ1) is 6.18. The van der Waals surface area contributed by atoms with Gasteiger partial charge < -0.3 is 9.47 Å². The number of para-hydroxylation sites is 1. The van der Waals surface area contributed by atoms with Gasteiger partial charge in [0.25, 0.3) is 0 Å². The lowest BCUT2D eigenvalue weighted by Gasteiger charge is -2.29. The number of ether oxygens (including phenoxy) is 2. The van der Waals surface area contributed by atoms with Crippen molar-refractivity contribution in [2.75, 3.05) is 0 Å². The van der Waals surface area contributed by atoms with E-state index in [4.69, 9.17) is 9.47 Å². The maximum absolute atomic E-state index is 5.85. The fraction of sp³-hybridized carbons (Fsp3) is 0.455. The predicted octanol–water partition coefficient (Wildman–Crippen LogP) is 2.30. The molecule has 1 fully saturated rings. The van der Waals surface area contributed by atoms with Gasteiger partial charge in [0, 0.05) is 5.56 Å². The maximum Gasteiger partial charge on any atom is 0.132 e. The van der Waals surface area contributed by atoms with Crippen LogP contribution in [0.2, 0.25) is 0 Å². The first-order valence-electron chi connectivity index (χ1n) is 4.62. The van der Waals surface area contributed by atoms with Gasteiger partial charge >= 0.3 is 0 Å². The van der Waals surface area contributed by atoms with Crippen molar-refractivity contribution < 1.29 is 9.47 Å². The number of benzene rings is 1. The highest BCUT2D eigenvalue weighted by atomic mass is 16.6. The predicted molar refractivity (Wildman–Crippen MR) is 48.8 cm³/mol. The molecule has 2 aliphatic heterocycles. The summed E-state index contributed by atoms with van der Waals surface area (Å²) < 4.78 is 11.4. The smallest absolute Gasteiger partial charge is 0.132 e. The molecule has 13 heavy (non-hydrogen) atoms. The van der Waals surface area contributed by atoms with Crippen LogP contribution in [0.1, 0.15) is 25.5 Å². The molecule has 2 heterocycles. The van der Waals surface area contributed by atoms with Crippen molar-refractivity contribution in [1.82, 2.24) is 0 Å². The zero-order chi connectivity index (χ0) is 9.05. The molecule has 0 aliphatic carbocycles. The van der Waals surface area contributed by atoms with Gasteiger partial charge in [0.15, 0.2) is 0 Å². The van der Waals surface area contributed by atoms with Crippen LogP contribution in [0.5, 0.6) is 5.75 Å². The maximum atomic E-state index is 5.85. The van der Waals surface area contributed by atoms with Crippen LogP contribution < -0.4 is 4.74 Å². The van der Waals surface area contributed by atoms with Crippen molar-refractivity contribution >= 4 is 0 Å². The standard InChI is InChI=1S/C11H12O2/c1-11(2)10-9(12-10)7-5-3-4-6-8(7)13-11/h3-6,9-10H,1-2H3. The molecule has 0 aromatic heterocycles. The lowest BCUT2D eigenvalue weighted by atomic mass is 9.94. The molecule has 1 aromatic rings. The van der Waals surface area contributed by atoms with E-state index in [2.05, 4.69) is 19.9 Å². The Labute approximate surface area is 77.5 Å². The molecular formula is C11H12O2. The van der Waals surface area contributed by atoms with E-state index < -0.39 is 0 Å². The summed E-state index contributed by atoms with van der Waals surface area (Å²) in [4.78, 5) is 0. The highest BCUT2D eigenvalue weighted by molar-refractivity contribution is 5.41. The Balaban J connectivity index is 2.11. The molecule has 2 atom stereocenters. The van der Waals surface area contributed by atoms with Crippen molar-refractivity contribution in [3.63, 3.8) is 0 Å². The molecule has 2 nitrogen and oxygen atoms in total. The Kier molecular flexibility index (Phi) is 1.18. The molecular weight excluding hydrogens is 164 g/mol. The summed E-state index contributed by atoms with van der Waals surface area (Å²) in [5.41, 5.74) is 1.03. The average Bonchev–Trinajstić information content (AvgIpc) is 2.83. The van der Waals surface area contributed by atoms with Crippen LogP contribution in [0, 0.1) is 0 Å². The van der Waals surface area contributed by atoms with Crippen molar-refractivity contribution in [1.29, 1.82) is 0 Å². The van der Waals surface area contributed by atoms with E-state index in [0.29, 0.717) is 0 Å². The Bertz CT molecular complexity index is 357. The van der Waals surface area contributed by atoms with E-state index in [0.717, 1.165) is 5.75 Å². The first-order valence-corrected chi connectivity index (χ1v) is 4.62. The van der Waals surface area contributed by atoms with Gasteiger partial charge in [0.2, 0.25) is 0 Å². The average molecular weight is 176 g/mol. The fourth-order valence-corrected chi connectivity index (χ4v) is 2.03. The summed E-state index contributed by atoms with van der Waals surface area (Å²) >= 11 is 0. The molecule has 1 aromatic carbocycles. The van der Waals surface area contributed by atoms with Gasteiger partial charge in [-0.15, -0.1) is 0 Å². The molecule has 0 N–H and O–H groups in total. The van der Waals surface area contributed by atoms with Crippen molar-refractivity contribution in [3.05, 3.63) is 29.8 Å². The van der Waals surface area contributed by atoms with E-state index in [9.17, 15) is 0 Å². The second kappa shape index (κ2) is 2.07. The minimum Gasteiger partial charge on any atom is -0.485 e. The zero-order valence-electron chi connectivity index (χ0n) is 7.78. The number of rotatable bonds is 0. The summed E-state index contributed by atoms with van der Waals surface area (Å²) in [6, 6.07) is 8.11. The molecule has 2 heteroatoms. The summed E-state index contributed by atoms with van der Waals surface area (Å²) in [7, 11) is 0. The molecule has 0 bridgehead atoms. The Morgan fingerprint density at radius 2 is 2.00 bits per heavy atom. The normalized spacial score (nSPS) is 32.8. The molecule has 0 amide bonds. The van der Waals surface area contributed by atoms with Crippen LogP contribution >= 0.6 is 0 Å². The van der Waals surface area contributed by atoms with Gasteiger partial charge in [-0.3, -0.25) is 0 Å². The monoisotopic (exact) mass is 176 g/mol. The van der Waals surface area contributed by atoms with Crippen LogP contribution in [0.4, 0.5) is 0 Å². The van der Waals surface area contributed by atoms with E-state index in [1.807, 2.05) is 18.2 Å². The summed E-state index contributed by atoms with van der Waals surface area (Å²) in [6.45, 7) is 4.15.